The van der Waals surface area contributed by atoms with Crippen LogP contribution in [0.5, 0.6) is 0 Å². The van der Waals surface area contributed by atoms with E-state index in [0.717, 1.165) is 19.3 Å². The largest absolute Gasteiger partial charge is 0.461 e. The van der Waals surface area contributed by atoms with Crippen LogP contribution in [0.2, 0.25) is 0 Å². The summed E-state index contributed by atoms with van der Waals surface area (Å²) in [4.78, 5) is 29.2. The number of rotatable bonds is 3. The van der Waals surface area contributed by atoms with Gasteiger partial charge in [0, 0.05) is 50.5 Å². The summed E-state index contributed by atoms with van der Waals surface area (Å²) in [7, 11) is 2.18. The molecule has 0 N–H and O–H groups in total. The molecule has 6 aliphatic rings. The number of nitrogens with zero attached hydrogens (tertiary/aromatic N) is 2. The maximum absolute atomic E-state index is 12.3. The van der Waals surface area contributed by atoms with Crippen molar-refractivity contribution in [2.75, 3.05) is 11.9 Å². The van der Waals surface area contributed by atoms with E-state index in [4.69, 9.17) is 9.47 Å². The number of hydrogen-bond acceptors (Lipinski definition) is 6. The zero-order valence-corrected chi connectivity index (χ0v) is 18.1. The normalized spacial score (nSPS) is 46.5. The van der Waals surface area contributed by atoms with Crippen molar-refractivity contribution < 1.29 is 19.1 Å². The fourth-order valence-electron chi connectivity index (χ4n) is 8.49. The van der Waals surface area contributed by atoms with Crippen LogP contribution < -0.4 is 4.90 Å². The first-order chi connectivity index (χ1) is 14.4. The number of carbonyl (C=O) groups is 2. The van der Waals surface area contributed by atoms with Crippen LogP contribution >= 0.6 is 0 Å². The Morgan fingerprint density at radius 3 is 2.57 bits per heavy atom. The van der Waals surface area contributed by atoms with Crippen LogP contribution in [0.3, 0.4) is 0 Å². The van der Waals surface area contributed by atoms with E-state index >= 15 is 0 Å². The summed E-state index contributed by atoms with van der Waals surface area (Å²) in [6.45, 7) is 5.26. The quantitative estimate of drug-likeness (QED) is 0.714. The monoisotopic (exact) mass is 410 g/mol. The Bertz CT molecular complexity index is 934. The molecule has 5 fully saturated rings. The molecule has 5 aliphatic heterocycles. The fraction of sp³-hybridized carbons (Fsp3) is 0.667. The summed E-state index contributed by atoms with van der Waals surface area (Å²) in [5.41, 5.74) is 2.41. The highest BCUT2D eigenvalue weighted by Gasteiger charge is 2.78. The number of ether oxygens (including phenoxy) is 2. The van der Waals surface area contributed by atoms with Crippen molar-refractivity contribution in [1.29, 1.82) is 0 Å². The summed E-state index contributed by atoms with van der Waals surface area (Å²) in [5, 5.41) is 0. The molecule has 1 unspecified atom stereocenters. The van der Waals surface area contributed by atoms with Crippen molar-refractivity contribution >= 4 is 17.6 Å². The van der Waals surface area contributed by atoms with E-state index in [0.29, 0.717) is 29.8 Å². The Kier molecular flexibility index (Phi) is 3.73. The standard InChI is InChI=1S/C24H30N2O4/c1-5-14-15-10-18-21-24(16-8-6-7-9-17(16)25(21)4)11-19(20(15)22(24)29-12(2)27)26(18)23(14)30-13(3)28/h6-9,14-15,18-23H,5,10-11H2,1-4H3/t14-,15-,18-,19-,20-,21+,22+,23-,24+/m0/s1. The Morgan fingerprint density at radius 1 is 1.13 bits per heavy atom. The van der Waals surface area contributed by atoms with E-state index in [2.05, 4.69) is 48.0 Å². The summed E-state index contributed by atoms with van der Waals surface area (Å²) in [5.74, 6) is 0.608. The van der Waals surface area contributed by atoms with Gasteiger partial charge in [-0.15, -0.1) is 0 Å². The summed E-state index contributed by atoms with van der Waals surface area (Å²) >= 11 is 0. The second kappa shape index (κ2) is 6.00. The van der Waals surface area contributed by atoms with Crippen molar-refractivity contribution in [2.24, 2.45) is 17.8 Å². The molecule has 0 amide bonds. The predicted octanol–water partition coefficient (Wildman–Crippen LogP) is 2.70. The number of fused-ring (bicyclic) bond motifs is 2. The van der Waals surface area contributed by atoms with Crippen LogP contribution in [0.15, 0.2) is 24.3 Å². The molecule has 10 atom stereocenters. The number of likely N-dealkylation sites (N-methyl/N-ethyl adjacent to an activating group) is 1. The summed E-state index contributed by atoms with van der Waals surface area (Å²) in [6, 6.07) is 9.46. The van der Waals surface area contributed by atoms with E-state index < -0.39 is 0 Å². The van der Waals surface area contributed by atoms with Crippen LogP contribution in [0, 0.1) is 17.8 Å². The van der Waals surface area contributed by atoms with E-state index in [-0.39, 0.29) is 35.7 Å². The SMILES string of the molecule is CC[C@H]1[C@@H]2C[C@H]3[C@H]4N(C)c5ccccc5[C@]45C[C@@H]([C@H]2[C@H]5OC(C)=O)N3[C@H]1OC(C)=O. The van der Waals surface area contributed by atoms with Gasteiger partial charge in [0.25, 0.3) is 0 Å². The molecule has 160 valence electrons. The average Bonchev–Trinajstić information content (AvgIpc) is 3.10. The number of esters is 2. The lowest BCUT2D eigenvalue weighted by atomic mass is 9.62. The van der Waals surface area contributed by atoms with Gasteiger partial charge in [-0.1, -0.05) is 25.1 Å². The van der Waals surface area contributed by atoms with Crippen LogP contribution in [-0.4, -0.2) is 54.3 Å². The van der Waals surface area contributed by atoms with Gasteiger partial charge in [-0.05, 0) is 36.8 Å². The molecule has 1 saturated carbocycles. The molecule has 5 heterocycles. The number of para-hydroxylation sites is 1. The van der Waals surface area contributed by atoms with Crippen molar-refractivity contribution in [3.05, 3.63) is 29.8 Å². The molecule has 0 radical (unpaired) electrons. The molecule has 1 aromatic rings. The molecule has 6 nitrogen and oxygen atoms in total. The third-order valence-electron chi connectivity index (χ3n) is 8.98. The van der Waals surface area contributed by atoms with Gasteiger partial charge in [0.1, 0.15) is 6.10 Å². The second-order valence-corrected chi connectivity index (χ2v) is 9.98. The molecular weight excluding hydrogens is 380 g/mol. The first kappa shape index (κ1) is 18.7. The van der Waals surface area contributed by atoms with Crippen molar-refractivity contribution in [1.82, 2.24) is 4.90 Å². The zero-order chi connectivity index (χ0) is 20.9. The van der Waals surface area contributed by atoms with Gasteiger partial charge in [-0.25, -0.2) is 0 Å². The number of anilines is 1. The molecule has 0 aromatic heterocycles. The lowest BCUT2D eigenvalue weighted by molar-refractivity contribution is -0.228. The van der Waals surface area contributed by atoms with Crippen LogP contribution in [-0.2, 0) is 24.5 Å². The van der Waals surface area contributed by atoms with Gasteiger partial charge >= 0.3 is 11.9 Å². The highest BCUT2D eigenvalue weighted by Crippen LogP contribution is 2.69. The van der Waals surface area contributed by atoms with Gasteiger partial charge in [0.2, 0.25) is 0 Å². The topological polar surface area (TPSA) is 59.1 Å². The van der Waals surface area contributed by atoms with Gasteiger partial charge in [-0.3, -0.25) is 14.5 Å². The molecule has 30 heavy (non-hydrogen) atoms. The van der Waals surface area contributed by atoms with Crippen molar-refractivity contribution in [3.63, 3.8) is 0 Å². The lowest BCUT2D eigenvalue weighted by Crippen LogP contribution is -2.73. The van der Waals surface area contributed by atoms with Gasteiger partial charge in [0.05, 0.1) is 11.5 Å². The Morgan fingerprint density at radius 2 is 1.87 bits per heavy atom. The molecule has 5 bridgehead atoms. The molecular formula is C24H30N2O4. The van der Waals surface area contributed by atoms with Gasteiger partial charge in [-0.2, -0.15) is 0 Å². The number of carbonyl (C=O) groups excluding carboxylic acids is 2. The smallest absolute Gasteiger partial charge is 0.304 e. The van der Waals surface area contributed by atoms with E-state index in [9.17, 15) is 9.59 Å². The van der Waals surface area contributed by atoms with Gasteiger partial charge in [0.15, 0.2) is 6.23 Å². The fourth-order valence-corrected chi connectivity index (χ4v) is 8.49. The summed E-state index contributed by atoms with van der Waals surface area (Å²) in [6.07, 6.45) is 2.72. The Balaban J connectivity index is 1.56. The second-order valence-electron chi connectivity index (χ2n) is 9.98. The predicted molar refractivity (Wildman–Crippen MR) is 111 cm³/mol. The third-order valence-corrected chi connectivity index (χ3v) is 8.98. The van der Waals surface area contributed by atoms with Crippen LogP contribution in [0.4, 0.5) is 5.69 Å². The van der Waals surface area contributed by atoms with Crippen LogP contribution in [0.25, 0.3) is 0 Å². The minimum atomic E-state index is -0.203. The van der Waals surface area contributed by atoms with E-state index in [1.807, 2.05) is 0 Å². The minimum Gasteiger partial charge on any atom is -0.461 e. The first-order valence-corrected chi connectivity index (χ1v) is 11.3. The zero-order valence-electron chi connectivity index (χ0n) is 18.1. The highest BCUT2D eigenvalue weighted by atomic mass is 16.6. The molecule has 4 saturated heterocycles. The number of hydrogen-bond donors (Lipinski definition) is 0. The Labute approximate surface area is 177 Å². The maximum atomic E-state index is 12.3. The van der Waals surface area contributed by atoms with E-state index in [1.165, 1.54) is 18.2 Å². The van der Waals surface area contributed by atoms with Crippen LogP contribution in [0.1, 0.15) is 45.6 Å². The third kappa shape index (κ3) is 1.99. The molecule has 1 aliphatic carbocycles. The van der Waals surface area contributed by atoms with E-state index in [1.54, 1.807) is 6.92 Å². The van der Waals surface area contributed by atoms with Gasteiger partial charge < -0.3 is 14.4 Å². The van der Waals surface area contributed by atoms with Crippen molar-refractivity contribution in [2.45, 2.75) is 75.9 Å². The molecule has 6 heteroatoms. The first-order valence-electron chi connectivity index (χ1n) is 11.3. The number of piperidine rings is 4. The highest BCUT2D eigenvalue weighted by molar-refractivity contribution is 5.70. The maximum Gasteiger partial charge on any atom is 0.304 e. The lowest BCUT2D eigenvalue weighted by Gasteiger charge is -2.62. The minimum absolute atomic E-state index is 0.122. The Hall–Kier alpha value is -2.08. The molecule has 1 spiro atoms. The number of benzene rings is 1. The summed E-state index contributed by atoms with van der Waals surface area (Å²) < 4.78 is 12.2. The average molecular weight is 411 g/mol. The molecule has 1 aromatic carbocycles. The molecule has 7 rings (SSSR count). The van der Waals surface area contributed by atoms with Crippen molar-refractivity contribution in [3.8, 4) is 0 Å².